The molecule has 1 heterocycles. The Labute approximate surface area is 96.2 Å². The molecule has 1 aromatic rings. The molecule has 2 N–H and O–H groups in total. The van der Waals surface area contributed by atoms with Crippen LogP contribution in [0, 0.1) is 12.8 Å². The van der Waals surface area contributed by atoms with Crippen molar-refractivity contribution in [3.05, 3.63) is 23.8 Å². The maximum absolute atomic E-state index is 11.8. The number of amides is 1. The zero-order valence-corrected chi connectivity index (χ0v) is 10.0. The van der Waals surface area contributed by atoms with Gasteiger partial charge in [-0.1, -0.05) is 26.0 Å². The van der Waals surface area contributed by atoms with Crippen molar-refractivity contribution in [1.29, 1.82) is 0 Å². The Bertz CT molecular complexity index is 412. The Morgan fingerprint density at radius 2 is 2.12 bits per heavy atom. The molecule has 16 heavy (non-hydrogen) atoms. The van der Waals surface area contributed by atoms with Gasteiger partial charge in [-0.3, -0.25) is 4.79 Å². The predicted molar refractivity (Wildman–Crippen MR) is 66.7 cm³/mol. The average Bonchev–Trinajstić information content (AvgIpc) is 2.20. The van der Waals surface area contributed by atoms with Crippen LogP contribution < -0.4 is 10.6 Å². The summed E-state index contributed by atoms with van der Waals surface area (Å²) >= 11 is 0. The van der Waals surface area contributed by atoms with Crippen LogP contribution in [0.2, 0.25) is 0 Å². The molecule has 1 aliphatic heterocycles. The molecule has 1 aromatic carbocycles. The number of aryl methyl sites for hydroxylation is 1. The summed E-state index contributed by atoms with van der Waals surface area (Å²) < 4.78 is 0. The van der Waals surface area contributed by atoms with Gasteiger partial charge in [0.25, 0.3) is 0 Å². The lowest BCUT2D eigenvalue weighted by Gasteiger charge is -2.29. The first-order chi connectivity index (χ1) is 7.58. The van der Waals surface area contributed by atoms with Crippen molar-refractivity contribution in [1.82, 2.24) is 0 Å². The second-order valence-electron chi connectivity index (χ2n) is 4.81. The minimum Gasteiger partial charge on any atom is -0.372 e. The number of fused-ring (bicyclic) bond motifs is 1. The maximum Gasteiger partial charge on any atom is 0.246 e. The van der Waals surface area contributed by atoms with E-state index >= 15 is 0 Å². The summed E-state index contributed by atoms with van der Waals surface area (Å²) in [6, 6.07) is 5.83. The minimum atomic E-state index is -0.103. The molecule has 0 spiro atoms. The molecule has 1 amide bonds. The quantitative estimate of drug-likeness (QED) is 0.801. The molecule has 0 saturated heterocycles. The Morgan fingerprint density at radius 3 is 2.81 bits per heavy atom. The largest absolute Gasteiger partial charge is 0.372 e. The van der Waals surface area contributed by atoms with Gasteiger partial charge in [0.05, 0.1) is 11.4 Å². The van der Waals surface area contributed by atoms with E-state index in [0.29, 0.717) is 5.92 Å². The van der Waals surface area contributed by atoms with Crippen molar-refractivity contribution in [2.24, 2.45) is 5.92 Å². The van der Waals surface area contributed by atoms with E-state index in [0.717, 1.165) is 17.8 Å². The second kappa shape index (κ2) is 4.16. The third-order valence-corrected chi connectivity index (χ3v) is 2.87. The van der Waals surface area contributed by atoms with Crippen molar-refractivity contribution in [3.8, 4) is 0 Å². The van der Waals surface area contributed by atoms with Gasteiger partial charge in [0.1, 0.15) is 6.04 Å². The normalized spacial score (nSPS) is 19.0. The first-order valence-electron chi connectivity index (χ1n) is 5.75. The number of anilines is 2. The highest BCUT2D eigenvalue weighted by atomic mass is 16.2. The zero-order valence-electron chi connectivity index (χ0n) is 10.0. The minimum absolute atomic E-state index is 0.0757. The lowest BCUT2D eigenvalue weighted by atomic mass is 9.99. The number of carbonyl (C=O) groups is 1. The van der Waals surface area contributed by atoms with E-state index in [-0.39, 0.29) is 11.9 Å². The molecule has 0 radical (unpaired) electrons. The Morgan fingerprint density at radius 1 is 1.38 bits per heavy atom. The highest BCUT2D eigenvalue weighted by Gasteiger charge is 2.26. The number of benzene rings is 1. The fourth-order valence-corrected chi connectivity index (χ4v) is 2.06. The van der Waals surface area contributed by atoms with Crippen LogP contribution in [-0.4, -0.2) is 11.9 Å². The van der Waals surface area contributed by atoms with Gasteiger partial charge in [0.2, 0.25) is 5.91 Å². The molecule has 0 aromatic heterocycles. The average molecular weight is 218 g/mol. The fraction of sp³-hybridized carbons (Fsp3) is 0.462. The van der Waals surface area contributed by atoms with Crippen molar-refractivity contribution in [3.63, 3.8) is 0 Å². The van der Waals surface area contributed by atoms with E-state index in [4.69, 9.17) is 0 Å². The first kappa shape index (κ1) is 11.0. The molecule has 0 aliphatic carbocycles. The monoisotopic (exact) mass is 218 g/mol. The maximum atomic E-state index is 11.8. The van der Waals surface area contributed by atoms with Crippen molar-refractivity contribution in [2.45, 2.75) is 33.2 Å². The van der Waals surface area contributed by atoms with Gasteiger partial charge in [-0.15, -0.1) is 0 Å². The summed E-state index contributed by atoms with van der Waals surface area (Å²) in [6.07, 6.45) is 0.861. The second-order valence-corrected chi connectivity index (χ2v) is 4.81. The number of para-hydroxylation sites is 1. The molecule has 1 unspecified atom stereocenters. The van der Waals surface area contributed by atoms with Crippen molar-refractivity contribution >= 4 is 17.3 Å². The summed E-state index contributed by atoms with van der Waals surface area (Å²) in [4.78, 5) is 11.8. The van der Waals surface area contributed by atoms with Crippen LogP contribution in [0.25, 0.3) is 0 Å². The van der Waals surface area contributed by atoms with E-state index in [2.05, 4.69) is 37.5 Å². The van der Waals surface area contributed by atoms with Crippen LogP contribution in [-0.2, 0) is 4.79 Å². The molecule has 0 fully saturated rings. The molecule has 0 saturated carbocycles. The Hall–Kier alpha value is -1.51. The summed E-state index contributed by atoms with van der Waals surface area (Å²) in [5.41, 5.74) is 3.13. The highest BCUT2D eigenvalue weighted by molar-refractivity contribution is 6.03. The van der Waals surface area contributed by atoms with Gasteiger partial charge in [-0.25, -0.2) is 0 Å². The standard InChI is InChI=1S/C13H18N2O/c1-8(2)7-11-13(16)15-10-6-4-5-9(3)12(10)14-11/h4-6,8,11,14H,7H2,1-3H3,(H,15,16). The van der Waals surface area contributed by atoms with Gasteiger partial charge in [-0.05, 0) is 30.9 Å². The molecule has 1 atom stereocenters. The van der Waals surface area contributed by atoms with E-state index in [9.17, 15) is 4.79 Å². The lowest BCUT2D eigenvalue weighted by Crippen LogP contribution is -2.39. The molecular formula is C13H18N2O. The SMILES string of the molecule is Cc1cccc2c1NC(CC(C)C)C(=O)N2. The van der Waals surface area contributed by atoms with E-state index in [1.165, 1.54) is 5.56 Å². The molecule has 2 rings (SSSR count). The van der Waals surface area contributed by atoms with Crippen LogP contribution in [0.15, 0.2) is 18.2 Å². The van der Waals surface area contributed by atoms with Crippen LogP contribution in [0.5, 0.6) is 0 Å². The molecule has 86 valence electrons. The predicted octanol–water partition coefficient (Wildman–Crippen LogP) is 2.77. The smallest absolute Gasteiger partial charge is 0.246 e. The Balaban J connectivity index is 2.26. The number of hydrogen-bond donors (Lipinski definition) is 2. The van der Waals surface area contributed by atoms with E-state index in [1.807, 2.05) is 12.1 Å². The van der Waals surface area contributed by atoms with E-state index in [1.54, 1.807) is 0 Å². The van der Waals surface area contributed by atoms with Crippen LogP contribution in [0.1, 0.15) is 25.8 Å². The third kappa shape index (κ3) is 2.03. The van der Waals surface area contributed by atoms with Gasteiger partial charge in [-0.2, -0.15) is 0 Å². The summed E-state index contributed by atoms with van der Waals surface area (Å²) in [7, 11) is 0. The zero-order chi connectivity index (χ0) is 11.7. The summed E-state index contributed by atoms with van der Waals surface area (Å²) in [5.74, 6) is 0.584. The van der Waals surface area contributed by atoms with Crippen LogP contribution in [0.4, 0.5) is 11.4 Å². The molecule has 1 aliphatic rings. The van der Waals surface area contributed by atoms with Gasteiger partial charge in [0.15, 0.2) is 0 Å². The van der Waals surface area contributed by atoms with E-state index < -0.39 is 0 Å². The number of rotatable bonds is 2. The molecule has 3 heteroatoms. The number of hydrogen-bond acceptors (Lipinski definition) is 2. The van der Waals surface area contributed by atoms with Gasteiger partial charge < -0.3 is 10.6 Å². The van der Waals surface area contributed by atoms with Crippen LogP contribution in [0.3, 0.4) is 0 Å². The highest BCUT2D eigenvalue weighted by Crippen LogP contribution is 2.31. The molecule has 0 bridgehead atoms. The van der Waals surface area contributed by atoms with Gasteiger partial charge in [0, 0.05) is 0 Å². The lowest BCUT2D eigenvalue weighted by molar-refractivity contribution is -0.117. The number of nitrogens with one attached hydrogen (secondary N) is 2. The third-order valence-electron chi connectivity index (χ3n) is 2.87. The van der Waals surface area contributed by atoms with Crippen molar-refractivity contribution in [2.75, 3.05) is 10.6 Å². The first-order valence-corrected chi connectivity index (χ1v) is 5.75. The molecular weight excluding hydrogens is 200 g/mol. The topological polar surface area (TPSA) is 41.1 Å². The van der Waals surface area contributed by atoms with Crippen molar-refractivity contribution < 1.29 is 4.79 Å². The van der Waals surface area contributed by atoms with Gasteiger partial charge >= 0.3 is 0 Å². The summed E-state index contributed by atoms with van der Waals surface area (Å²) in [6.45, 7) is 6.31. The molecule has 3 nitrogen and oxygen atoms in total. The fourth-order valence-electron chi connectivity index (χ4n) is 2.06. The van der Waals surface area contributed by atoms with Crippen LogP contribution >= 0.6 is 0 Å². The Kier molecular flexibility index (Phi) is 2.86. The summed E-state index contributed by atoms with van der Waals surface area (Å²) in [5, 5.41) is 6.29. The number of carbonyl (C=O) groups excluding carboxylic acids is 1.